The first-order valence-electron chi connectivity index (χ1n) is 13.1. The Morgan fingerprint density at radius 3 is 1.39 bits per heavy atom. The van der Waals surface area contributed by atoms with Crippen molar-refractivity contribution < 1.29 is 8.83 Å². The Kier molecular flexibility index (Phi) is 8.73. The highest BCUT2D eigenvalue weighted by molar-refractivity contribution is 5.89. The van der Waals surface area contributed by atoms with Crippen molar-refractivity contribution in [2.45, 2.75) is 27.7 Å². The Labute approximate surface area is 221 Å². The Hall–Kier alpha value is -4.20. The molecule has 0 unspecified atom stereocenters. The van der Waals surface area contributed by atoms with Gasteiger partial charge >= 0.3 is 11.3 Å². The average molecular weight is 515 g/mol. The molecule has 2 heterocycles. The number of benzene rings is 2. The number of hydrogen-bond acceptors (Lipinski definition) is 8. The van der Waals surface area contributed by atoms with E-state index >= 15 is 0 Å². The summed E-state index contributed by atoms with van der Waals surface area (Å²) in [6.45, 7) is 12.6. The Balaban J connectivity index is 1.41. The standard InChI is InChI=1S/C30H34N4O4/c1-5-33(6-2)25-11-9-21-15-23(29(35)37-27(21)17-25)19-31-13-14-32-20-24-16-22-10-12-26(34(7-3)8-4)18-28(22)38-30(24)36/h9-12,15-20H,5-8,13-14H2,1-4H3. The first-order chi connectivity index (χ1) is 18.5. The molecule has 0 aliphatic carbocycles. The van der Waals surface area contributed by atoms with Crippen LogP contribution in [-0.2, 0) is 0 Å². The second kappa shape index (κ2) is 12.4. The lowest BCUT2D eigenvalue weighted by Crippen LogP contribution is -2.21. The van der Waals surface area contributed by atoms with Gasteiger partial charge in [-0.15, -0.1) is 0 Å². The van der Waals surface area contributed by atoms with Crippen LogP contribution in [0.25, 0.3) is 21.9 Å². The summed E-state index contributed by atoms with van der Waals surface area (Å²) in [6.07, 6.45) is 3.02. The van der Waals surface area contributed by atoms with Crippen molar-refractivity contribution in [1.29, 1.82) is 0 Å². The summed E-state index contributed by atoms with van der Waals surface area (Å²) < 4.78 is 11.1. The van der Waals surface area contributed by atoms with Crippen LogP contribution in [0.5, 0.6) is 0 Å². The van der Waals surface area contributed by atoms with Crippen LogP contribution >= 0.6 is 0 Å². The molecule has 0 bridgehead atoms. The molecule has 8 heteroatoms. The summed E-state index contributed by atoms with van der Waals surface area (Å²) in [5, 5.41) is 1.68. The molecule has 0 saturated heterocycles. The molecule has 2 aromatic heterocycles. The Morgan fingerprint density at radius 1 is 0.632 bits per heavy atom. The molecule has 8 nitrogen and oxygen atoms in total. The van der Waals surface area contributed by atoms with Crippen LogP contribution < -0.4 is 21.1 Å². The van der Waals surface area contributed by atoms with Crippen molar-refractivity contribution in [2.24, 2.45) is 9.98 Å². The molecular weight excluding hydrogens is 480 g/mol. The van der Waals surface area contributed by atoms with Gasteiger partial charge in [-0.3, -0.25) is 9.98 Å². The molecule has 0 amide bonds. The van der Waals surface area contributed by atoms with E-state index in [0.29, 0.717) is 35.4 Å². The molecular formula is C30H34N4O4. The molecule has 0 atom stereocenters. The third-order valence-electron chi connectivity index (χ3n) is 6.57. The van der Waals surface area contributed by atoms with Crippen LogP contribution in [0.4, 0.5) is 11.4 Å². The van der Waals surface area contributed by atoms with Gasteiger partial charge in [-0.2, -0.15) is 0 Å². The van der Waals surface area contributed by atoms with E-state index in [9.17, 15) is 9.59 Å². The van der Waals surface area contributed by atoms with E-state index in [4.69, 9.17) is 8.83 Å². The van der Waals surface area contributed by atoms with E-state index in [1.807, 2.05) is 36.4 Å². The van der Waals surface area contributed by atoms with Crippen LogP contribution in [0.3, 0.4) is 0 Å². The van der Waals surface area contributed by atoms with Crippen LogP contribution in [0.15, 0.2) is 76.9 Å². The second-order valence-corrected chi connectivity index (χ2v) is 8.84. The minimum Gasteiger partial charge on any atom is -0.422 e. The van der Waals surface area contributed by atoms with E-state index in [1.165, 1.54) is 12.4 Å². The highest BCUT2D eigenvalue weighted by atomic mass is 16.4. The van der Waals surface area contributed by atoms with Crippen molar-refractivity contribution >= 4 is 45.7 Å². The minimum absolute atomic E-state index is 0.362. The SMILES string of the molecule is CCN(CC)c1ccc2cc(C=NCCN=Cc3cc4ccc(N(CC)CC)cc4oc3=O)c(=O)oc2c1. The van der Waals surface area contributed by atoms with Gasteiger partial charge in [0, 0.05) is 72.9 Å². The van der Waals surface area contributed by atoms with Gasteiger partial charge in [0.25, 0.3) is 0 Å². The Morgan fingerprint density at radius 2 is 1.03 bits per heavy atom. The van der Waals surface area contributed by atoms with Crippen molar-refractivity contribution in [2.75, 3.05) is 49.1 Å². The number of anilines is 2. The van der Waals surface area contributed by atoms with Crippen molar-refractivity contribution in [3.05, 3.63) is 80.5 Å². The minimum atomic E-state index is -0.431. The smallest absolute Gasteiger partial charge is 0.345 e. The molecule has 0 radical (unpaired) electrons. The summed E-state index contributed by atoms with van der Waals surface area (Å²) >= 11 is 0. The molecule has 0 aliphatic heterocycles. The van der Waals surface area contributed by atoms with Gasteiger partial charge in [0.15, 0.2) is 0 Å². The predicted molar refractivity (Wildman–Crippen MR) is 157 cm³/mol. The highest BCUT2D eigenvalue weighted by Crippen LogP contribution is 2.23. The first-order valence-corrected chi connectivity index (χ1v) is 13.1. The van der Waals surface area contributed by atoms with Gasteiger partial charge in [0.1, 0.15) is 11.2 Å². The lowest BCUT2D eigenvalue weighted by molar-refractivity contribution is 0.559. The highest BCUT2D eigenvalue weighted by Gasteiger charge is 2.09. The summed E-state index contributed by atoms with van der Waals surface area (Å²) in [5.41, 5.74) is 3.06. The summed E-state index contributed by atoms with van der Waals surface area (Å²) in [4.78, 5) is 37.9. The number of rotatable bonds is 11. The maximum Gasteiger partial charge on any atom is 0.345 e. The number of nitrogens with zero attached hydrogens (tertiary/aromatic N) is 4. The van der Waals surface area contributed by atoms with Crippen molar-refractivity contribution in [3.63, 3.8) is 0 Å². The molecule has 0 spiro atoms. The molecule has 0 fully saturated rings. The molecule has 38 heavy (non-hydrogen) atoms. The van der Waals surface area contributed by atoms with Gasteiger partial charge in [0.05, 0.1) is 24.2 Å². The molecule has 198 valence electrons. The second-order valence-electron chi connectivity index (χ2n) is 8.84. The maximum atomic E-state index is 12.4. The molecule has 0 aliphatic rings. The zero-order valence-electron chi connectivity index (χ0n) is 22.4. The Bertz CT molecular complexity index is 1460. The summed E-state index contributed by atoms with van der Waals surface area (Å²) in [6, 6.07) is 15.3. The van der Waals surface area contributed by atoms with Gasteiger partial charge in [-0.1, -0.05) is 0 Å². The lowest BCUT2D eigenvalue weighted by Gasteiger charge is -2.20. The van der Waals surface area contributed by atoms with Crippen LogP contribution in [-0.4, -0.2) is 51.7 Å². The molecule has 4 rings (SSSR count). The number of fused-ring (bicyclic) bond motifs is 2. The van der Waals surface area contributed by atoms with E-state index in [2.05, 4.69) is 47.5 Å². The third-order valence-corrected chi connectivity index (χ3v) is 6.57. The predicted octanol–water partition coefficient (Wildman–Crippen LogP) is 5.13. The number of hydrogen-bond donors (Lipinski definition) is 0. The zero-order chi connectivity index (χ0) is 27.1. The fourth-order valence-corrected chi connectivity index (χ4v) is 4.42. The zero-order valence-corrected chi connectivity index (χ0v) is 22.4. The monoisotopic (exact) mass is 514 g/mol. The first kappa shape index (κ1) is 26.9. The van der Waals surface area contributed by atoms with Gasteiger partial charge < -0.3 is 18.6 Å². The van der Waals surface area contributed by atoms with Crippen LogP contribution in [0.1, 0.15) is 38.8 Å². The summed E-state index contributed by atoms with van der Waals surface area (Å²) in [7, 11) is 0. The normalized spacial score (nSPS) is 11.8. The average Bonchev–Trinajstić information content (AvgIpc) is 2.92. The van der Waals surface area contributed by atoms with Gasteiger partial charge in [-0.25, -0.2) is 9.59 Å². The fourth-order valence-electron chi connectivity index (χ4n) is 4.42. The van der Waals surface area contributed by atoms with E-state index in [1.54, 1.807) is 12.1 Å². The van der Waals surface area contributed by atoms with E-state index < -0.39 is 11.3 Å². The number of aliphatic imine (C=N–C) groups is 2. The fraction of sp³-hybridized carbons (Fsp3) is 0.333. The van der Waals surface area contributed by atoms with Crippen LogP contribution in [0.2, 0.25) is 0 Å². The largest absolute Gasteiger partial charge is 0.422 e. The molecule has 0 saturated carbocycles. The van der Waals surface area contributed by atoms with Gasteiger partial charge in [-0.05, 0) is 64.1 Å². The summed E-state index contributed by atoms with van der Waals surface area (Å²) in [5.74, 6) is 0. The van der Waals surface area contributed by atoms with E-state index in [-0.39, 0.29) is 0 Å². The lowest BCUT2D eigenvalue weighted by atomic mass is 10.1. The van der Waals surface area contributed by atoms with Gasteiger partial charge in [0.2, 0.25) is 0 Å². The molecule has 2 aromatic carbocycles. The molecule has 4 aromatic rings. The topological polar surface area (TPSA) is 91.6 Å². The van der Waals surface area contributed by atoms with E-state index in [0.717, 1.165) is 48.3 Å². The quantitative estimate of drug-likeness (QED) is 0.157. The van der Waals surface area contributed by atoms with Crippen molar-refractivity contribution in [1.82, 2.24) is 0 Å². The maximum absolute atomic E-state index is 12.4. The third kappa shape index (κ3) is 6.02. The van der Waals surface area contributed by atoms with Crippen LogP contribution in [0, 0.1) is 0 Å². The molecule has 0 N–H and O–H groups in total. The van der Waals surface area contributed by atoms with Crippen molar-refractivity contribution in [3.8, 4) is 0 Å².